The maximum Gasteiger partial charge on any atom is 0.191 e. The van der Waals surface area contributed by atoms with Crippen LogP contribution < -0.4 is 20.1 Å². The number of benzene rings is 1. The largest absolute Gasteiger partial charge is 0.493 e. The number of nitrogens with zero attached hydrogens (tertiary/aromatic N) is 1. The molecular formula is C17H28IN3O2. The highest BCUT2D eigenvalue weighted by atomic mass is 127. The Morgan fingerprint density at radius 2 is 1.96 bits per heavy atom. The van der Waals surface area contributed by atoms with Gasteiger partial charge in [0.15, 0.2) is 17.5 Å². The molecule has 1 aliphatic rings. The van der Waals surface area contributed by atoms with Crippen molar-refractivity contribution in [2.75, 3.05) is 20.8 Å². The first-order valence-corrected chi connectivity index (χ1v) is 8.03. The summed E-state index contributed by atoms with van der Waals surface area (Å²) in [5.74, 6) is 2.37. The van der Waals surface area contributed by atoms with Gasteiger partial charge in [0.05, 0.1) is 20.8 Å². The summed E-state index contributed by atoms with van der Waals surface area (Å²) in [5.41, 5.74) is 1.02. The van der Waals surface area contributed by atoms with E-state index in [1.165, 1.54) is 25.7 Å². The number of aliphatic imine (C=N–C) groups is 1. The Labute approximate surface area is 156 Å². The van der Waals surface area contributed by atoms with Crippen LogP contribution in [-0.2, 0) is 6.54 Å². The van der Waals surface area contributed by atoms with E-state index >= 15 is 0 Å². The molecule has 0 heterocycles. The molecule has 2 N–H and O–H groups in total. The topological polar surface area (TPSA) is 54.9 Å². The van der Waals surface area contributed by atoms with E-state index in [9.17, 15) is 0 Å². The molecule has 1 aliphatic carbocycles. The van der Waals surface area contributed by atoms with Crippen LogP contribution in [0.25, 0.3) is 0 Å². The maximum atomic E-state index is 5.46. The molecule has 5 nitrogen and oxygen atoms in total. The molecular weight excluding hydrogens is 405 g/mol. The number of hydrogen-bond donors (Lipinski definition) is 2. The molecule has 2 rings (SSSR count). The minimum atomic E-state index is 0. The number of halogens is 1. The highest BCUT2D eigenvalue weighted by Crippen LogP contribution is 2.31. The summed E-state index contributed by atoms with van der Waals surface area (Å²) >= 11 is 0. The zero-order valence-corrected chi connectivity index (χ0v) is 16.6. The van der Waals surface area contributed by atoms with Crippen molar-refractivity contribution in [1.82, 2.24) is 10.6 Å². The van der Waals surface area contributed by atoms with Crippen LogP contribution >= 0.6 is 24.0 Å². The van der Waals surface area contributed by atoms with Crippen LogP contribution in [0.3, 0.4) is 0 Å². The summed E-state index contributed by atoms with van der Waals surface area (Å²) in [4.78, 5) is 4.69. The van der Waals surface area contributed by atoms with Crippen LogP contribution in [0, 0.1) is 0 Å². The van der Waals surface area contributed by atoms with Gasteiger partial charge in [-0.2, -0.15) is 0 Å². The molecule has 0 saturated heterocycles. The summed E-state index contributed by atoms with van der Waals surface area (Å²) in [6, 6.07) is 6.42. The molecule has 1 fully saturated rings. The molecule has 0 bridgehead atoms. The maximum absolute atomic E-state index is 5.46. The minimum absolute atomic E-state index is 0. The number of para-hydroxylation sites is 1. The number of guanidine groups is 1. The zero-order chi connectivity index (χ0) is 15.8. The van der Waals surface area contributed by atoms with Gasteiger partial charge in [-0.3, -0.25) is 0 Å². The summed E-state index contributed by atoms with van der Waals surface area (Å²) in [6.07, 6.45) is 5.07. The third-order valence-electron chi connectivity index (χ3n) is 3.93. The first kappa shape index (κ1) is 19.9. The Balaban J connectivity index is 0.00000264. The van der Waals surface area contributed by atoms with Gasteiger partial charge in [0.25, 0.3) is 0 Å². The Hall–Kier alpha value is -1.18. The summed E-state index contributed by atoms with van der Waals surface area (Å²) in [5, 5.41) is 6.83. The lowest BCUT2D eigenvalue weighted by atomic mass is 10.2. The average molecular weight is 433 g/mol. The second-order valence-corrected chi connectivity index (χ2v) is 5.47. The lowest BCUT2D eigenvalue weighted by Gasteiger charge is -2.17. The van der Waals surface area contributed by atoms with Crippen LogP contribution in [0.1, 0.15) is 38.2 Å². The highest BCUT2D eigenvalue weighted by molar-refractivity contribution is 14.0. The Morgan fingerprint density at radius 3 is 2.57 bits per heavy atom. The third-order valence-corrected chi connectivity index (χ3v) is 3.93. The van der Waals surface area contributed by atoms with Crippen LogP contribution in [0.5, 0.6) is 11.5 Å². The summed E-state index contributed by atoms with van der Waals surface area (Å²) in [6.45, 7) is 3.49. The minimum Gasteiger partial charge on any atom is -0.493 e. The molecule has 0 aromatic heterocycles. The van der Waals surface area contributed by atoms with E-state index in [-0.39, 0.29) is 24.0 Å². The van der Waals surface area contributed by atoms with Crippen molar-refractivity contribution < 1.29 is 9.47 Å². The first-order chi connectivity index (χ1) is 10.8. The van der Waals surface area contributed by atoms with Gasteiger partial charge in [0, 0.05) is 18.2 Å². The van der Waals surface area contributed by atoms with Gasteiger partial charge in [-0.1, -0.05) is 25.0 Å². The molecule has 0 atom stereocenters. The van der Waals surface area contributed by atoms with E-state index in [4.69, 9.17) is 14.5 Å². The van der Waals surface area contributed by atoms with Gasteiger partial charge in [-0.25, -0.2) is 4.99 Å². The molecule has 130 valence electrons. The first-order valence-electron chi connectivity index (χ1n) is 8.03. The number of nitrogens with one attached hydrogen (secondary N) is 2. The van der Waals surface area contributed by atoms with Gasteiger partial charge in [-0.15, -0.1) is 24.0 Å². The van der Waals surface area contributed by atoms with Crippen LogP contribution in [0.15, 0.2) is 23.2 Å². The number of rotatable bonds is 6. The number of methoxy groups -OCH3 is 2. The lowest BCUT2D eigenvalue weighted by Crippen LogP contribution is -2.42. The quantitative estimate of drug-likeness (QED) is 0.411. The normalized spacial score (nSPS) is 15.0. The summed E-state index contributed by atoms with van der Waals surface area (Å²) < 4.78 is 10.8. The molecule has 0 amide bonds. The fourth-order valence-corrected chi connectivity index (χ4v) is 2.83. The van der Waals surface area contributed by atoms with Gasteiger partial charge < -0.3 is 20.1 Å². The molecule has 23 heavy (non-hydrogen) atoms. The van der Waals surface area contributed by atoms with E-state index < -0.39 is 0 Å². The molecule has 0 unspecified atom stereocenters. The van der Waals surface area contributed by atoms with Crippen LogP contribution in [-0.4, -0.2) is 32.8 Å². The van der Waals surface area contributed by atoms with Crippen molar-refractivity contribution in [1.29, 1.82) is 0 Å². The van der Waals surface area contributed by atoms with E-state index in [1.807, 2.05) is 18.2 Å². The van der Waals surface area contributed by atoms with Crippen molar-refractivity contribution in [3.63, 3.8) is 0 Å². The predicted molar refractivity (Wildman–Crippen MR) is 105 cm³/mol. The fourth-order valence-electron chi connectivity index (χ4n) is 2.83. The average Bonchev–Trinajstić information content (AvgIpc) is 3.05. The van der Waals surface area contributed by atoms with Gasteiger partial charge >= 0.3 is 0 Å². The molecule has 0 aliphatic heterocycles. The monoisotopic (exact) mass is 433 g/mol. The van der Waals surface area contributed by atoms with Crippen LogP contribution in [0.4, 0.5) is 0 Å². The zero-order valence-electron chi connectivity index (χ0n) is 14.2. The summed E-state index contributed by atoms with van der Waals surface area (Å²) in [7, 11) is 3.31. The predicted octanol–water partition coefficient (Wildman–Crippen LogP) is 3.32. The molecule has 0 spiro atoms. The second-order valence-electron chi connectivity index (χ2n) is 5.47. The lowest BCUT2D eigenvalue weighted by molar-refractivity contribution is 0.352. The molecule has 1 aromatic rings. The van der Waals surface area contributed by atoms with Crippen LogP contribution in [0.2, 0.25) is 0 Å². The van der Waals surface area contributed by atoms with Gasteiger partial charge in [0.1, 0.15) is 0 Å². The van der Waals surface area contributed by atoms with E-state index in [1.54, 1.807) is 14.2 Å². The van der Waals surface area contributed by atoms with E-state index in [0.29, 0.717) is 12.6 Å². The van der Waals surface area contributed by atoms with E-state index in [0.717, 1.165) is 29.6 Å². The standard InChI is InChI=1S/C17H27N3O2.HI/c1-4-18-17(20-14-9-5-6-10-14)19-12-13-8-7-11-15(21-2)16(13)22-3;/h7-8,11,14H,4-6,9-10,12H2,1-3H3,(H2,18,19,20);1H. The smallest absolute Gasteiger partial charge is 0.191 e. The van der Waals surface area contributed by atoms with E-state index in [2.05, 4.69) is 17.6 Å². The Morgan fingerprint density at radius 1 is 1.22 bits per heavy atom. The number of hydrogen-bond acceptors (Lipinski definition) is 3. The SMILES string of the molecule is CCNC(=NCc1cccc(OC)c1OC)NC1CCCC1.I. The molecule has 0 radical (unpaired) electrons. The fraction of sp³-hybridized carbons (Fsp3) is 0.588. The van der Waals surface area contributed by atoms with Gasteiger partial charge in [-0.05, 0) is 25.8 Å². The Kier molecular flexibility index (Phi) is 9.13. The number of ether oxygens (including phenoxy) is 2. The van der Waals surface area contributed by atoms with Crippen molar-refractivity contribution >= 4 is 29.9 Å². The molecule has 1 aromatic carbocycles. The molecule has 1 saturated carbocycles. The molecule has 6 heteroatoms. The van der Waals surface area contributed by atoms with Crippen molar-refractivity contribution in [2.45, 2.75) is 45.2 Å². The van der Waals surface area contributed by atoms with Crippen molar-refractivity contribution in [3.05, 3.63) is 23.8 Å². The van der Waals surface area contributed by atoms with Crippen molar-refractivity contribution in [2.24, 2.45) is 4.99 Å². The van der Waals surface area contributed by atoms with Crippen molar-refractivity contribution in [3.8, 4) is 11.5 Å². The van der Waals surface area contributed by atoms with Gasteiger partial charge in [0.2, 0.25) is 0 Å². The third kappa shape index (κ3) is 5.75. The Bertz CT molecular complexity index is 503. The highest BCUT2D eigenvalue weighted by Gasteiger charge is 2.16. The second kappa shape index (κ2) is 10.6.